The molecule has 1 aromatic carbocycles. The van der Waals surface area contributed by atoms with Gasteiger partial charge in [-0.25, -0.2) is 0 Å². The third kappa shape index (κ3) is 28.5. The standard InChI is InChI=1S/C18H30O.CH5N.CH2O.Ca.2H2O.H2S/c1-2-3-4-5-6-7-8-9-10-11-14-17-15-12-13-16-18(17)19;2*1-2;;;;/h12-13,15-16,19H,2-11,14H2,1H3;2H2,1H3;1H2;;3*1H2/q;;;+2;;;/p-2. The Hall–Kier alpha value is 0.180. The van der Waals surface area contributed by atoms with Gasteiger partial charge in [-0.2, -0.15) is 13.5 Å². The molecule has 0 spiro atoms. The molecule has 0 fully saturated rings. The average Bonchev–Trinajstić information content (AvgIpc) is 2.61. The Morgan fingerprint density at radius 1 is 0.815 bits per heavy atom. The monoisotopic (exact) mass is 431 g/mol. The molecule has 0 radical (unpaired) electrons. The zero-order valence-corrected chi connectivity index (χ0v) is 20.5. The molecule has 0 amide bonds. The summed E-state index contributed by atoms with van der Waals surface area (Å²) in [5, 5.41) is 9.65. The first-order valence-electron chi connectivity index (χ1n) is 8.98. The molecule has 0 heterocycles. The Morgan fingerprint density at radius 3 is 1.59 bits per heavy atom. The molecular weight excluding hydrogens is 390 g/mol. The van der Waals surface area contributed by atoms with Crippen molar-refractivity contribution < 1.29 is 20.9 Å². The SMILES string of the molecule is C=O.CCCCCCCCCCCCc1ccccc1O.CN.S.[Ca+2].[OH-].[OH-]. The zero-order chi connectivity index (χ0) is 17.8. The molecule has 0 aliphatic heterocycles. The number of aromatic hydroxyl groups is 1. The van der Waals surface area contributed by atoms with Crippen LogP contribution < -0.4 is 5.73 Å². The van der Waals surface area contributed by atoms with Gasteiger partial charge in [0.1, 0.15) is 12.5 Å². The fourth-order valence-electron chi connectivity index (χ4n) is 2.53. The van der Waals surface area contributed by atoms with E-state index in [1.807, 2.05) is 25.0 Å². The molecule has 0 saturated heterocycles. The second-order valence-corrected chi connectivity index (χ2v) is 5.56. The number of aryl methyl sites for hydroxylation is 1. The number of benzene rings is 1. The van der Waals surface area contributed by atoms with E-state index in [1.165, 1.54) is 71.3 Å². The van der Waals surface area contributed by atoms with E-state index in [4.69, 9.17) is 4.79 Å². The van der Waals surface area contributed by atoms with E-state index in [1.54, 1.807) is 6.07 Å². The number of rotatable bonds is 11. The van der Waals surface area contributed by atoms with Crippen LogP contribution in [0.1, 0.15) is 76.7 Å². The van der Waals surface area contributed by atoms with E-state index in [2.05, 4.69) is 12.7 Å². The van der Waals surface area contributed by atoms with Crippen molar-refractivity contribution in [2.45, 2.75) is 77.6 Å². The maximum Gasteiger partial charge on any atom is 2.00 e. The van der Waals surface area contributed by atoms with Gasteiger partial charge in [-0.05, 0) is 31.5 Å². The van der Waals surface area contributed by atoms with Crippen LogP contribution in [0, 0.1) is 0 Å². The Morgan fingerprint density at radius 2 is 1.19 bits per heavy atom. The number of phenols is 1. The first-order valence-corrected chi connectivity index (χ1v) is 8.98. The summed E-state index contributed by atoms with van der Waals surface area (Å²) >= 11 is 0. The van der Waals surface area contributed by atoms with Gasteiger partial charge in [0.25, 0.3) is 0 Å². The number of carbonyl (C=O) groups excluding carboxylic acids is 1. The van der Waals surface area contributed by atoms with Gasteiger partial charge in [0.05, 0.1) is 0 Å². The van der Waals surface area contributed by atoms with Gasteiger partial charge in [0.15, 0.2) is 0 Å². The van der Waals surface area contributed by atoms with Crippen molar-refractivity contribution in [3.8, 4) is 5.75 Å². The van der Waals surface area contributed by atoms with Crippen molar-refractivity contribution >= 4 is 58.0 Å². The van der Waals surface area contributed by atoms with Gasteiger partial charge < -0.3 is 26.6 Å². The Kier molecular flexibility index (Phi) is 56.9. The third-order valence-electron chi connectivity index (χ3n) is 3.79. The van der Waals surface area contributed by atoms with Crippen LogP contribution in [-0.4, -0.2) is 67.6 Å². The van der Waals surface area contributed by atoms with Gasteiger partial charge in [0.2, 0.25) is 0 Å². The Balaban J connectivity index is -0.000000129. The minimum Gasteiger partial charge on any atom is -0.870 e. The van der Waals surface area contributed by atoms with Crippen molar-refractivity contribution in [1.29, 1.82) is 0 Å². The fourth-order valence-corrected chi connectivity index (χ4v) is 2.53. The second-order valence-electron chi connectivity index (χ2n) is 5.56. The fraction of sp³-hybridized carbons (Fsp3) is 0.650. The molecule has 5 N–H and O–H groups in total. The number of hydrogen-bond acceptors (Lipinski definition) is 5. The molecule has 0 bridgehead atoms. The number of phenolic OH excluding ortho intramolecular Hbond substituents is 1. The van der Waals surface area contributed by atoms with Crippen LogP contribution in [0.15, 0.2) is 24.3 Å². The predicted molar refractivity (Wildman–Crippen MR) is 121 cm³/mol. The largest absolute Gasteiger partial charge is 2.00 e. The van der Waals surface area contributed by atoms with Crippen LogP contribution in [0.4, 0.5) is 0 Å². The van der Waals surface area contributed by atoms with Crippen molar-refractivity contribution in [2.75, 3.05) is 7.05 Å². The van der Waals surface area contributed by atoms with Crippen molar-refractivity contribution in [1.82, 2.24) is 0 Å². The van der Waals surface area contributed by atoms with Gasteiger partial charge in [-0.3, -0.25) is 0 Å². The van der Waals surface area contributed by atoms with Crippen molar-refractivity contribution in [2.24, 2.45) is 5.73 Å². The number of para-hydroxylation sites is 1. The normalized spacial score (nSPS) is 7.96. The minimum atomic E-state index is 0. The molecule has 0 aromatic heterocycles. The van der Waals surface area contributed by atoms with Crippen molar-refractivity contribution in [3.63, 3.8) is 0 Å². The Bertz CT molecular complexity index is 361. The first-order chi connectivity index (χ1) is 11.3. The predicted octanol–water partition coefficient (Wildman–Crippen LogP) is 4.62. The molecule has 0 atom stereocenters. The molecule has 7 heteroatoms. The van der Waals surface area contributed by atoms with Gasteiger partial charge in [0, 0.05) is 0 Å². The van der Waals surface area contributed by atoms with Crippen LogP contribution in [0.5, 0.6) is 5.75 Å². The van der Waals surface area contributed by atoms with E-state index in [0.717, 1.165) is 12.0 Å². The van der Waals surface area contributed by atoms with E-state index < -0.39 is 0 Å². The molecule has 1 aromatic rings. The van der Waals surface area contributed by atoms with Crippen LogP contribution >= 0.6 is 13.5 Å². The summed E-state index contributed by atoms with van der Waals surface area (Å²) < 4.78 is 0. The van der Waals surface area contributed by atoms with E-state index in [-0.39, 0.29) is 62.2 Å². The molecular formula is C20H41CaNO4S. The summed E-state index contributed by atoms with van der Waals surface area (Å²) in [5.74, 6) is 0.457. The molecule has 0 aliphatic carbocycles. The van der Waals surface area contributed by atoms with Gasteiger partial charge in [-0.15, -0.1) is 0 Å². The second kappa shape index (κ2) is 37.0. The molecule has 27 heavy (non-hydrogen) atoms. The number of carbonyl (C=O) groups is 1. The maximum absolute atomic E-state index is 9.65. The number of hydrogen-bond donors (Lipinski definition) is 2. The quantitative estimate of drug-likeness (QED) is 0.390. The summed E-state index contributed by atoms with van der Waals surface area (Å²) in [4.78, 5) is 8.00. The van der Waals surface area contributed by atoms with Crippen LogP contribution in [0.25, 0.3) is 0 Å². The van der Waals surface area contributed by atoms with Gasteiger partial charge in [-0.1, -0.05) is 82.9 Å². The molecule has 5 nitrogen and oxygen atoms in total. The maximum atomic E-state index is 9.65. The number of nitrogens with two attached hydrogens (primary N) is 1. The smallest absolute Gasteiger partial charge is 0.870 e. The molecule has 0 aliphatic rings. The molecule has 1 rings (SSSR count). The van der Waals surface area contributed by atoms with Crippen LogP contribution in [0.2, 0.25) is 0 Å². The topological polar surface area (TPSA) is 123 Å². The molecule has 0 saturated carbocycles. The Labute approximate surface area is 203 Å². The molecule has 158 valence electrons. The number of unbranched alkanes of at least 4 members (excludes halogenated alkanes) is 9. The van der Waals surface area contributed by atoms with E-state index in [9.17, 15) is 5.11 Å². The summed E-state index contributed by atoms with van der Waals surface area (Å²) in [6.07, 6.45) is 14.6. The van der Waals surface area contributed by atoms with Crippen LogP contribution in [-0.2, 0) is 11.2 Å². The summed E-state index contributed by atoms with van der Waals surface area (Å²) in [7, 11) is 1.50. The average molecular weight is 432 g/mol. The summed E-state index contributed by atoms with van der Waals surface area (Å²) in [6, 6.07) is 7.71. The van der Waals surface area contributed by atoms with Gasteiger partial charge >= 0.3 is 37.7 Å². The van der Waals surface area contributed by atoms with Crippen molar-refractivity contribution in [3.05, 3.63) is 29.8 Å². The molecule has 0 unspecified atom stereocenters. The summed E-state index contributed by atoms with van der Waals surface area (Å²) in [5.41, 5.74) is 5.60. The van der Waals surface area contributed by atoms with E-state index in [0.29, 0.717) is 5.75 Å². The van der Waals surface area contributed by atoms with Crippen LogP contribution in [0.3, 0.4) is 0 Å². The van der Waals surface area contributed by atoms with E-state index >= 15 is 0 Å². The third-order valence-corrected chi connectivity index (χ3v) is 3.79. The summed E-state index contributed by atoms with van der Waals surface area (Å²) in [6.45, 7) is 4.27. The zero-order valence-electron chi connectivity index (χ0n) is 17.3. The first kappa shape index (κ1) is 41.5. The minimum absolute atomic E-state index is 0.